The van der Waals surface area contributed by atoms with Crippen LogP contribution in [0, 0.1) is 11.3 Å². The molecule has 0 aliphatic heterocycles. The average molecular weight is 265 g/mol. The van der Waals surface area contributed by atoms with E-state index in [4.69, 9.17) is 10.00 Å². The van der Waals surface area contributed by atoms with Gasteiger partial charge in [0.1, 0.15) is 6.42 Å². The number of esters is 1. The van der Waals surface area contributed by atoms with Gasteiger partial charge in [-0.2, -0.15) is 21.7 Å². The average Bonchev–Trinajstić information content (AvgIpc) is 2.83. The minimum Gasteiger partial charge on any atom is -0.461 e. The van der Waals surface area contributed by atoms with Gasteiger partial charge in [0.25, 0.3) is 5.91 Å². The predicted molar refractivity (Wildman–Crippen MR) is 65.9 cm³/mol. The normalized spacial score (nSPS) is 10.6. The van der Waals surface area contributed by atoms with Crippen molar-refractivity contribution in [3.8, 4) is 6.07 Å². The third-order valence-corrected chi connectivity index (χ3v) is 2.48. The standard InChI is InChI=1S/C11H11N3O3S/c1-2-17-11(16)10(8-4-6-18-7-8)14-13-9(15)3-5-12/h4,6-7H,2-3H2,1H3,(H,13,15). The number of carbonyl (C=O) groups excluding carboxylic acids is 2. The Kier molecular flexibility index (Phi) is 5.54. The fourth-order valence-corrected chi connectivity index (χ4v) is 1.70. The number of rotatable bonds is 5. The van der Waals surface area contributed by atoms with Crippen molar-refractivity contribution in [3.05, 3.63) is 22.4 Å². The summed E-state index contributed by atoms with van der Waals surface area (Å²) in [6.45, 7) is 1.89. The largest absolute Gasteiger partial charge is 0.461 e. The summed E-state index contributed by atoms with van der Waals surface area (Å²) in [4.78, 5) is 22.8. The van der Waals surface area contributed by atoms with Crippen LogP contribution in [0.2, 0.25) is 0 Å². The molecule has 0 aliphatic rings. The van der Waals surface area contributed by atoms with E-state index in [-0.39, 0.29) is 18.7 Å². The lowest BCUT2D eigenvalue weighted by Gasteiger charge is -2.04. The summed E-state index contributed by atoms with van der Waals surface area (Å²) >= 11 is 1.39. The molecule has 1 rings (SSSR count). The Balaban J connectivity index is 2.85. The molecule has 0 aromatic carbocycles. The second-order valence-corrected chi connectivity index (χ2v) is 3.84. The fourth-order valence-electron chi connectivity index (χ4n) is 1.06. The summed E-state index contributed by atoms with van der Waals surface area (Å²) < 4.78 is 4.84. The van der Waals surface area contributed by atoms with Crippen molar-refractivity contribution in [1.82, 2.24) is 5.43 Å². The minimum absolute atomic E-state index is 0.0180. The highest BCUT2D eigenvalue weighted by molar-refractivity contribution is 7.08. The van der Waals surface area contributed by atoms with Gasteiger partial charge >= 0.3 is 5.97 Å². The van der Waals surface area contributed by atoms with Crippen molar-refractivity contribution >= 4 is 28.9 Å². The molecule has 1 amide bonds. The van der Waals surface area contributed by atoms with Gasteiger partial charge < -0.3 is 4.74 Å². The summed E-state index contributed by atoms with van der Waals surface area (Å²) in [6.07, 6.45) is -0.316. The maximum atomic E-state index is 11.6. The molecule has 0 radical (unpaired) electrons. The number of hydrogen-bond acceptors (Lipinski definition) is 6. The highest BCUT2D eigenvalue weighted by Gasteiger charge is 2.16. The van der Waals surface area contributed by atoms with E-state index in [1.54, 1.807) is 29.8 Å². The molecule has 0 aliphatic carbocycles. The van der Waals surface area contributed by atoms with Crippen LogP contribution in [0.1, 0.15) is 18.9 Å². The molecule has 18 heavy (non-hydrogen) atoms. The van der Waals surface area contributed by atoms with Crippen molar-refractivity contribution in [2.75, 3.05) is 6.61 Å². The zero-order valence-corrected chi connectivity index (χ0v) is 10.5. The number of hydrogen-bond donors (Lipinski definition) is 1. The van der Waals surface area contributed by atoms with E-state index in [1.165, 1.54) is 11.3 Å². The molecule has 1 aromatic heterocycles. The monoisotopic (exact) mass is 265 g/mol. The zero-order valence-electron chi connectivity index (χ0n) is 9.67. The van der Waals surface area contributed by atoms with Gasteiger partial charge in [-0.1, -0.05) is 0 Å². The predicted octanol–water partition coefficient (Wildman–Crippen LogP) is 1.05. The third-order valence-electron chi connectivity index (χ3n) is 1.80. The molecule has 6 nitrogen and oxygen atoms in total. The first-order valence-electron chi connectivity index (χ1n) is 5.12. The van der Waals surface area contributed by atoms with Crippen molar-refractivity contribution < 1.29 is 14.3 Å². The summed E-state index contributed by atoms with van der Waals surface area (Å²) in [6, 6.07) is 3.38. The second-order valence-electron chi connectivity index (χ2n) is 3.06. The second kappa shape index (κ2) is 7.19. The molecule has 0 saturated heterocycles. The van der Waals surface area contributed by atoms with Gasteiger partial charge in [-0.25, -0.2) is 10.2 Å². The number of hydrazone groups is 1. The smallest absolute Gasteiger partial charge is 0.359 e. The van der Waals surface area contributed by atoms with E-state index >= 15 is 0 Å². The Bertz CT molecular complexity index is 488. The third kappa shape index (κ3) is 3.99. The molecular formula is C11H11N3O3S. The molecule has 1 N–H and O–H groups in total. The molecular weight excluding hydrogens is 254 g/mol. The Hall–Kier alpha value is -2.20. The minimum atomic E-state index is -0.617. The van der Waals surface area contributed by atoms with Crippen LogP contribution < -0.4 is 5.43 Å². The molecule has 1 heterocycles. The Labute approximate surface area is 108 Å². The van der Waals surface area contributed by atoms with Gasteiger partial charge in [-0.3, -0.25) is 4.79 Å². The van der Waals surface area contributed by atoms with E-state index in [1.807, 2.05) is 0 Å². The summed E-state index contributed by atoms with van der Waals surface area (Å²) in [5.74, 6) is -1.19. The van der Waals surface area contributed by atoms with Crippen LogP contribution in [-0.2, 0) is 14.3 Å². The first-order valence-corrected chi connectivity index (χ1v) is 6.06. The lowest BCUT2D eigenvalue weighted by molar-refractivity contribution is -0.134. The number of ether oxygens (including phenoxy) is 1. The molecule has 94 valence electrons. The van der Waals surface area contributed by atoms with Gasteiger partial charge in [-0.05, 0) is 18.4 Å². The Morgan fingerprint density at radius 3 is 2.94 bits per heavy atom. The van der Waals surface area contributed by atoms with Gasteiger partial charge in [-0.15, -0.1) is 0 Å². The maximum absolute atomic E-state index is 11.6. The van der Waals surface area contributed by atoms with Crippen LogP contribution in [-0.4, -0.2) is 24.2 Å². The van der Waals surface area contributed by atoms with Crippen molar-refractivity contribution in [3.63, 3.8) is 0 Å². The number of nitrogens with zero attached hydrogens (tertiary/aromatic N) is 2. The van der Waals surface area contributed by atoms with E-state index < -0.39 is 11.9 Å². The van der Waals surface area contributed by atoms with Crippen molar-refractivity contribution in [1.29, 1.82) is 5.26 Å². The molecule has 0 atom stereocenters. The van der Waals surface area contributed by atoms with E-state index in [9.17, 15) is 9.59 Å². The van der Waals surface area contributed by atoms with Crippen LogP contribution in [0.4, 0.5) is 0 Å². The van der Waals surface area contributed by atoms with Crippen LogP contribution >= 0.6 is 11.3 Å². The lowest BCUT2D eigenvalue weighted by atomic mass is 10.2. The Morgan fingerprint density at radius 2 is 2.39 bits per heavy atom. The SMILES string of the molecule is CCOC(=O)C(=NNC(=O)CC#N)c1ccsc1. The van der Waals surface area contributed by atoms with Crippen molar-refractivity contribution in [2.45, 2.75) is 13.3 Å². The first kappa shape index (κ1) is 13.9. The number of amides is 1. The van der Waals surface area contributed by atoms with E-state index in [0.717, 1.165) is 0 Å². The van der Waals surface area contributed by atoms with Gasteiger partial charge in [0.05, 0.1) is 12.7 Å². The Morgan fingerprint density at radius 1 is 1.61 bits per heavy atom. The highest BCUT2D eigenvalue weighted by atomic mass is 32.1. The van der Waals surface area contributed by atoms with E-state index in [2.05, 4.69) is 10.5 Å². The fraction of sp³-hybridized carbons (Fsp3) is 0.273. The van der Waals surface area contributed by atoms with Crippen molar-refractivity contribution in [2.24, 2.45) is 5.10 Å². The van der Waals surface area contributed by atoms with Gasteiger partial charge in [0, 0.05) is 10.9 Å². The molecule has 0 saturated carbocycles. The topological polar surface area (TPSA) is 91.5 Å². The van der Waals surface area contributed by atoms with E-state index in [0.29, 0.717) is 5.56 Å². The quantitative estimate of drug-likeness (QED) is 0.489. The van der Waals surface area contributed by atoms with Crippen LogP contribution in [0.3, 0.4) is 0 Å². The number of thiophene rings is 1. The summed E-state index contributed by atoms with van der Waals surface area (Å²) in [5.41, 5.74) is 2.73. The van der Waals surface area contributed by atoms with Crippen LogP contribution in [0.15, 0.2) is 21.9 Å². The molecule has 7 heteroatoms. The molecule has 1 aromatic rings. The first-order chi connectivity index (χ1) is 8.69. The summed E-state index contributed by atoms with van der Waals surface area (Å²) in [7, 11) is 0. The number of nitriles is 1. The number of nitrogens with one attached hydrogen (secondary N) is 1. The molecule has 0 bridgehead atoms. The molecule has 0 fully saturated rings. The molecule has 0 spiro atoms. The van der Waals surface area contributed by atoms with Crippen LogP contribution in [0.25, 0.3) is 0 Å². The van der Waals surface area contributed by atoms with Gasteiger partial charge in [0.2, 0.25) is 0 Å². The maximum Gasteiger partial charge on any atom is 0.359 e. The van der Waals surface area contributed by atoms with Crippen LogP contribution in [0.5, 0.6) is 0 Å². The lowest BCUT2D eigenvalue weighted by Crippen LogP contribution is -2.25. The number of carbonyl (C=O) groups is 2. The highest BCUT2D eigenvalue weighted by Crippen LogP contribution is 2.08. The van der Waals surface area contributed by atoms with Gasteiger partial charge in [0.15, 0.2) is 5.71 Å². The summed E-state index contributed by atoms with van der Waals surface area (Å²) in [5, 5.41) is 15.5. The zero-order chi connectivity index (χ0) is 13.4. The molecule has 0 unspecified atom stereocenters.